The summed E-state index contributed by atoms with van der Waals surface area (Å²) in [7, 11) is 0. The van der Waals surface area contributed by atoms with E-state index in [1.54, 1.807) is 0 Å². The third-order valence-corrected chi connectivity index (χ3v) is 1.09. The second-order valence-corrected chi connectivity index (χ2v) is 1.77. The Morgan fingerprint density at radius 3 is 3.00 bits per heavy atom. The fourth-order valence-electron chi connectivity index (χ4n) is 0.525. The lowest BCUT2D eigenvalue weighted by Gasteiger charge is -2.24. The van der Waals surface area contributed by atoms with Crippen LogP contribution in [0.3, 0.4) is 0 Å². The minimum atomic E-state index is -1.38. The molecule has 0 aromatic carbocycles. The van der Waals surface area contributed by atoms with Gasteiger partial charge in [0, 0.05) is 6.20 Å². The first kappa shape index (κ1) is 6.97. The van der Waals surface area contributed by atoms with Gasteiger partial charge in [-0.15, -0.1) is 0 Å². The number of nitrogens with one attached hydrogen (secondary N) is 1. The van der Waals surface area contributed by atoms with E-state index in [9.17, 15) is 9.18 Å². The summed E-state index contributed by atoms with van der Waals surface area (Å²) in [5.74, 6) is -0.790. The highest BCUT2D eigenvalue weighted by Crippen LogP contribution is 2.08. The van der Waals surface area contributed by atoms with E-state index < -0.39 is 18.0 Å². The number of hydrogen-bond acceptors (Lipinski definition) is 3. The van der Waals surface area contributed by atoms with Crippen LogP contribution in [0.4, 0.5) is 9.18 Å². The molecular weight excluding hydrogens is 141 g/mol. The average Bonchev–Trinajstić information content (AvgIpc) is 1.93. The summed E-state index contributed by atoms with van der Waals surface area (Å²) in [6, 6.07) is -0.839. The number of nitrogens with two attached hydrogens (primary N) is 1. The van der Waals surface area contributed by atoms with Crippen LogP contribution < -0.4 is 11.1 Å². The third-order valence-electron chi connectivity index (χ3n) is 1.09. The minimum absolute atomic E-state index is 0.0787. The van der Waals surface area contributed by atoms with Gasteiger partial charge in [0.2, 0.25) is 0 Å². The van der Waals surface area contributed by atoms with Gasteiger partial charge in [-0.25, -0.2) is 9.18 Å². The molecule has 1 unspecified atom stereocenters. The molecule has 10 heavy (non-hydrogen) atoms. The zero-order valence-electron chi connectivity index (χ0n) is 4.91. The highest BCUT2D eigenvalue weighted by atomic mass is 19.1. The average molecular weight is 147 g/mol. The maximum atomic E-state index is 12.3. The Balaban J connectivity index is 2.80. The van der Waals surface area contributed by atoms with Crippen LogP contribution in [0, 0.1) is 0 Å². The van der Waals surface area contributed by atoms with Crippen molar-refractivity contribution in [3.8, 4) is 0 Å². The minimum Gasteiger partial charge on any atom is -0.310 e. The molecule has 0 radical (unpaired) electrons. The molecule has 0 bridgehead atoms. The first-order chi connectivity index (χ1) is 4.63. The monoisotopic (exact) mass is 147 g/mol. The number of hydrogen-bond donors (Lipinski definition) is 3. The van der Waals surface area contributed by atoms with Gasteiger partial charge >= 0.3 is 6.03 Å². The van der Waals surface area contributed by atoms with Gasteiger partial charge in [-0.2, -0.15) is 5.06 Å². The van der Waals surface area contributed by atoms with Crippen LogP contribution in [0.15, 0.2) is 12.0 Å². The van der Waals surface area contributed by atoms with Gasteiger partial charge < -0.3 is 11.1 Å². The van der Waals surface area contributed by atoms with E-state index in [1.165, 1.54) is 0 Å². The van der Waals surface area contributed by atoms with E-state index in [0.717, 1.165) is 6.20 Å². The first-order valence-electron chi connectivity index (χ1n) is 2.52. The summed E-state index contributed by atoms with van der Waals surface area (Å²) < 4.78 is 12.3. The number of urea groups is 1. The molecule has 2 amide bonds. The van der Waals surface area contributed by atoms with Crippen LogP contribution in [-0.4, -0.2) is 22.5 Å². The highest BCUT2D eigenvalue weighted by molar-refractivity contribution is 5.75. The summed E-state index contributed by atoms with van der Waals surface area (Å²) in [5.41, 5.74) is 4.98. The van der Waals surface area contributed by atoms with Crippen molar-refractivity contribution < 1.29 is 14.4 Å². The number of carbonyl (C=O) groups is 1. The molecule has 0 aromatic rings. The van der Waals surface area contributed by atoms with Crippen LogP contribution in [0.1, 0.15) is 0 Å². The standard InChI is InChI=1S/C4H6FN3O2/c5-2-1-7-4(9)8(10)3(2)6/h1,3,10H,6H2,(H,7,9). The maximum absolute atomic E-state index is 12.3. The van der Waals surface area contributed by atoms with Crippen molar-refractivity contribution in [1.82, 2.24) is 10.4 Å². The summed E-state index contributed by atoms with van der Waals surface area (Å²) in [5, 5.41) is 10.6. The molecule has 0 saturated carbocycles. The molecule has 1 heterocycles. The second-order valence-electron chi connectivity index (χ2n) is 1.77. The number of carbonyl (C=O) groups excluding carboxylic acids is 1. The molecule has 0 spiro atoms. The maximum Gasteiger partial charge on any atom is 0.347 e. The molecule has 0 saturated heterocycles. The van der Waals surface area contributed by atoms with Crippen molar-refractivity contribution in [2.75, 3.05) is 0 Å². The highest BCUT2D eigenvalue weighted by Gasteiger charge is 2.25. The van der Waals surface area contributed by atoms with E-state index >= 15 is 0 Å². The molecule has 1 aliphatic rings. The molecular formula is C4H6FN3O2. The van der Waals surface area contributed by atoms with Gasteiger partial charge in [0.25, 0.3) is 0 Å². The molecule has 0 aliphatic carbocycles. The fraction of sp³-hybridized carbons (Fsp3) is 0.250. The Hall–Kier alpha value is -1.14. The van der Waals surface area contributed by atoms with Crippen molar-refractivity contribution in [3.05, 3.63) is 12.0 Å². The third kappa shape index (κ3) is 0.937. The fourth-order valence-corrected chi connectivity index (χ4v) is 0.525. The Morgan fingerprint density at radius 2 is 2.50 bits per heavy atom. The Bertz CT molecular complexity index is 193. The largest absolute Gasteiger partial charge is 0.347 e. The van der Waals surface area contributed by atoms with Crippen LogP contribution in [-0.2, 0) is 0 Å². The van der Waals surface area contributed by atoms with Gasteiger partial charge in [-0.05, 0) is 0 Å². The zero-order chi connectivity index (χ0) is 7.72. The smallest absolute Gasteiger partial charge is 0.310 e. The van der Waals surface area contributed by atoms with E-state index in [1.807, 2.05) is 5.32 Å². The van der Waals surface area contributed by atoms with Crippen LogP contribution in [0.2, 0.25) is 0 Å². The molecule has 1 atom stereocenters. The molecule has 1 aliphatic heterocycles. The van der Waals surface area contributed by atoms with E-state index in [-0.39, 0.29) is 5.06 Å². The van der Waals surface area contributed by atoms with Crippen LogP contribution in [0.25, 0.3) is 0 Å². The molecule has 1 rings (SSSR count). The topological polar surface area (TPSA) is 78.6 Å². The number of rotatable bonds is 0. The Labute approximate surface area is 55.9 Å². The van der Waals surface area contributed by atoms with Gasteiger partial charge in [-0.1, -0.05) is 0 Å². The summed E-state index contributed by atoms with van der Waals surface area (Å²) in [6.45, 7) is 0. The Kier molecular flexibility index (Phi) is 1.56. The van der Waals surface area contributed by atoms with Crippen molar-refractivity contribution in [2.24, 2.45) is 5.73 Å². The lowest BCUT2D eigenvalue weighted by Crippen LogP contribution is -2.51. The van der Waals surface area contributed by atoms with Crippen molar-refractivity contribution in [3.63, 3.8) is 0 Å². The normalized spacial score (nSPS) is 25.9. The number of nitrogens with zero attached hydrogens (tertiary/aromatic N) is 1. The lowest BCUT2D eigenvalue weighted by atomic mass is 10.4. The molecule has 0 fully saturated rings. The van der Waals surface area contributed by atoms with Crippen molar-refractivity contribution in [2.45, 2.75) is 6.17 Å². The van der Waals surface area contributed by atoms with E-state index in [0.29, 0.717) is 0 Å². The van der Waals surface area contributed by atoms with Crippen LogP contribution >= 0.6 is 0 Å². The molecule has 56 valence electrons. The zero-order valence-corrected chi connectivity index (χ0v) is 4.91. The number of amides is 2. The van der Waals surface area contributed by atoms with Gasteiger partial charge in [-0.3, -0.25) is 5.21 Å². The molecule has 0 aromatic heterocycles. The van der Waals surface area contributed by atoms with Gasteiger partial charge in [0.15, 0.2) is 12.0 Å². The summed E-state index contributed by atoms with van der Waals surface area (Å²) >= 11 is 0. The summed E-state index contributed by atoms with van der Waals surface area (Å²) in [4.78, 5) is 10.4. The Morgan fingerprint density at radius 1 is 1.90 bits per heavy atom. The molecule has 4 N–H and O–H groups in total. The number of halogens is 1. The predicted octanol–water partition coefficient (Wildman–Crippen LogP) is -0.504. The first-order valence-corrected chi connectivity index (χ1v) is 2.52. The van der Waals surface area contributed by atoms with E-state index in [4.69, 9.17) is 10.9 Å². The summed E-state index contributed by atoms with van der Waals surface area (Å²) in [6.07, 6.45) is -0.576. The quantitative estimate of drug-likeness (QED) is 0.404. The van der Waals surface area contributed by atoms with Gasteiger partial charge in [0.05, 0.1) is 0 Å². The van der Waals surface area contributed by atoms with Crippen molar-refractivity contribution in [1.29, 1.82) is 0 Å². The van der Waals surface area contributed by atoms with E-state index in [2.05, 4.69) is 0 Å². The van der Waals surface area contributed by atoms with Gasteiger partial charge in [0.1, 0.15) is 0 Å². The number of hydroxylamine groups is 2. The lowest BCUT2D eigenvalue weighted by molar-refractivity contribution is -0.0739. The predicted molar refractivity (Wildman–Crippen MR) is 29.3 cm³/mol. The SMILES string of the molecule is NC1C(F)=CNC(=O)N1O. The second kappa shape index (κ2) is 2.24. The van der Waals surface area contributed by atoms with Crippen LogP contribution in [0.5, 0.6) is 0 Å². The molecule has 5 nitrogen and oxygen atoms in total. The molecule has 6 heteroatoms. The van der Waals surface area contributed by atoms with Crippen molar-refractivity contribution >= 4 is 6.03 Å².